The van der Waals surface area contributed by atoms with E-state index in [2.05, 4.69) is 5.10 Å². The standard InChI is InChI=1S/C16H15FN2O2S/c1-22(20,21)19-16(13-9-5-6-10-14(13)17)11-15(18-19)12-7-3-2-4-8-12/h2-10,16H,11H2,1H3/t16-/m1/s1. The van der Waals surface area contributed by atoms with Crippen molar-refractivity contribution >= 4 is 15.7 Å². The average Bonchev–Trinajstić information content (AvgIpc) is 2.94. The molecular weight excluding hydrogens is 303 g/mol. The summed E-state index contributed by atoms with van der Waals surface area (Å²) in [5, 5.41) is 4.22. The van der Waals surface area contributed by atoms with Gasteiger partial charge in [-0.05, 0) is 11.6 Å². The van der Waals surface area contributed by atoms with Crippen LogP contribution >= 0.6 is 0 Å². The second-order valence-electron chi connectivity index (χ2n) is 5.19. The molecule has 1 atom stereocenters. The number of sulfonamides is 1. The number of nitrogens with zero attached hydrogens (tertiary/aromatic N) is 2. The van der Waals surface area contributed by atoms with Crippen LogP contribution in [0, 0.1) is 5.82 Å². The molecule has 6 heteroatoms. The predicted octanol–water partition coefficient (Wildman–Crippen LogP) is 2.94. The molecule has 1 heterocycles. The van der Waals surface area contributed by atoms with Crippen molar-refractivity contribution in [2.75, 3.05) is 6.26 Å². The van der Waals surface area contributed by atoms with Crippen LogP contribution in [-0.2, 0) is 10.0 Å². The highest BCUT2D eigenvalue weighted by Crippen LogP contribution is 2.35. The molecule has 1 aliphatic rings. The first kappa shape index (κ1) is 14.7. The van der Waals surface area contributed by atoms with Crippen LogP contribution in [0.4, 0.5) is 4.39 Å². The van der Waals surface area contributed by atoms with Crippen LogP contribution in [0.3, 0.4) is 0 Å². The Hall–Kier alpha value is -2.21. The molecule has 0 saturated carbocycles. The maximum atomic E-state index is 14.1. The van der Waals surface area contributed by atoms with Gasteiger partial charge >= 0.3 is 0 Å². The summed E-state index contributed by atoms with van der Waals surface area (Å²) in [7, 11) is -3.58. The molecule has 0 spiro atoms. The Morgan fingerprint density at radius 2 is 1.73 bits per heavy atom. The highest BCUT2D eigenvalue weighted by Gasteiger charge is 2.35. The minimum atomic E-state index is -3.58. The molecule has 0 N–H and O–H groups in total. The summed E-state index contributed by atoms with van der Waals surface area (Å²) in [5.41, 5.74) is 1.82. The van der Waals surface area contributed by atoms with Crippen molar-refractivity contribution in [3.63, 3.8) is 0 Å². The first-order valence-electron chi connectivity index (χ1n) is 6.83. The molecule has 22 heavy (non-hydrogen) atoms. The van der Waals surface area contributed by atoms with Gasteiger partial charge in [-0.3, -0.25) is 0 Å². The molecule has 0 aliphatic carbocycles. The van der Waals surface area contributed by atoms with Crippen molar-refractivity contribution in [2.24, 2.45) is 5.10 Å². The molecule has 0 saturated heterocycles. The summed E-state index contributed by atoms with van der Waals surface area (Å²) in [6.07, 6.45) is 1.43. The fourth-order valence-electron chi connectivity index (χ4n) is 2.58. The Morgan fingerprint density at radius 1 is 1.09 bits per heavy atom. The topological polar surface area (TPSA) is 49.7 Å². The number of halogens is 1. The van der Waals surface area contributed by atoms with Crippen molar-refractivity contribution in [1.29, 1.82) is 0 Å². The maximum absolute atomic E-state index is 14.1. The number of rotatable bonds is 3. The zero-order valence-corrected chi connectivity index (χ0v) is 12.8. The van der Waals surface area contributed by atoms with Crippen molar-refractivity contribution in [1.82, 2.24) is 4.41 Å². The Bertz CT molecular complexity index is 819. The smallest absolute Gasteiger partial charge is 0.207 e. The van der Waals surface area contributed by atoms with Crippen LogP contribution in [0.1, 0.15) is 23.6 Å². The van der Waals surface area contributed by atoms with E-state index in [0.29, 0.717) is 17.7 Å². The monoisotopic (exact) mass is 318 g/mol. The lowest BCUT2D eigenvalue weighted by Crippen LogP contribution is -2.26. The highest BCUT2D eigenvalue weighted by molar-refractivity contribution is 7.88. The number of hydrazone groups is 1. The van der Waals surface area contributed by atoms with Crippen molar-refractivity contribution in [3.8, 4) is 0 Å². The molecule has 0 aromatic heterocycles. The van der Waals surface area contributed by atoms with Crippen LogP contribution in [0.25, 0.3) is 0 Å². The van der Waals surface area contributed by atoms with Gasteiger partial charge < -0.3 is 0 Å². The van der Waals surface area contributed by atoms with Gasteiger partial charge in [0.05, 0.1) is 18.0 Å². The predicted molar refractivity (Wildman–Crippen MR) is 83.4 cm³/mol. The van der Waals surface area contributed by atoms with E-state index < -0.39 is 21.9 Å². The van der Waals surface area contributed by atoms with E-state index in [9.17, 15) is 12.8 Å². The summed E-state index contributed by atoms with van der Waals surface area (Å²) in [6, 6.07) is 14.9. The lowest BCUT2D eigenvalue weighted by atomic mass is 9.99. The molecule has 0 unspecified atom stereocenters. The van der Waals surface area contributed by atoms with E-state index in [4.69, 9.17) is 0 Å². The molecule has 114 valence electrons. The van der Waals surface area contributed by atoms with E-state index in [0.717, 1.165) is 16.2 Å². The van der Waals surface area contributed by atoms with E-state index >= 15 is 0 Å². The largest absolute Gasteiger partial charge is 0.247 e. The first-order valence-corrected chi connectivity index (χ1v) is 8.68. The summed E-state index contributed by atoms with van der Waals surface area (Å²) in [5.74, 6) is -0.425. The minimum absolute atomic E-state index is 0.336. The molecule has 2 aromatic rings. The van der Waals surface area contributed by atoms with E-state index in [-0.39, 0.29) is 0 Å². The van der Waals surface area contributed by atoms with Crippen LogP contribution in [0.5, 0.6) is 0 Å². The van der Waals surface area contributed by atoms with Gasteiger partial charge in [0.1, 0.15) is 5.82 Å². The Labute approximate surface area is 128 Å². The van der Waals surface area contributed by atoms with Crippen molar-refractivity contribution in [3.05, 3.63) is 71.5 Å². The zero-order chi connectivity index (χ0) is 15.7. The first-order chi connectivity index (χ1) is 10.5. The SMILES string of the molecule is CS(=O)(=O)N1N=C(c2ccccc2)C[C@@H]1c1ccccc1F. The summed E-state index contributed by atoms with van der Waals surface area (Å²) in [4.78, 5) is 0. The van der Waals surface area contributed by atoms with Gasteiger partial charge in [-0.15, -0.1) is 0 Å². The molecule has 2 aromatic carbocycles. The van der Waals surface area contributed by atoms with Gasteiger partial charge in [0.15, 0.2) is 0 Å². The van der Waals surface area contributed by atoms with Crippen molar-refractivity contribution in [2.45, 2.75) is 12.5 Å². The van der Waals surface area contributed by atoms with E-state index in [1.165, 1.54) is 6.07 Å². The van der Waals surface area contributed by atoms with Gasteiger partial charge in [0.2, 0.25) is 10.0 Å². The maximum Gasteiger partial charge on any atom is 0.247 e. The number of hydrogen-bond acceptors (Lipinski definition) is 3. The molecule has 1 aliphatic heterocycles. The van der Waals surface area contributed by atoms with Crippen molar-refractivity contribution < 1.29 is 12.8 Å². The number of benzene rings is 2. The zero-order valence-electron chi connectivity index (χ0n) is 12.0. The molecule has 0 radical (unpaired) electrons. The van der Waals surface area contributed by atoms with Gasteiger partial charge in [0, 0.05) is 12.0 Å². The highest BCUT2D eigenvalue weighted by atomic mass is 32.2. The molecular formula is C16H15FN2O2S. The third kappa shape index (κ3) is 2.74. The molecule has 0 amide bonds. The quantitative estimate of drug-likeness (QED) is 0.873. The third-order valence-corrected chi connectivity index (χ3v) is 4.60. The third-order valence-electron chi connectivity index (χ3n) is 3.58. The Morgan fingerprint density at radius 3 is 2.36 bits per heavy atom. The minimum Gasteiger partial charge on any atom is -0.207 e. The lowest BCUT2D eigenvalue weighted by molar-refractivity contribution is 0.365. The van der Waals surface area contributed by atoms with E-state index in [1.807, 2.05) is 30.3 Å². The fourth-order valence-corrected chi connectivity index (χ4v) is 3.47. The van der Waals surface area contributed by atoms with E-state index in [1.54, 1.807) is 18.2 Å². The second-order valence-corrected chi connectivity index (χ2v) is 7.03. The van der Waals surface area contributed by atoms with Crippen LogP contribution in [0.15, 0.2) is 59.7 Å². The van der Waals surface area contributed by atoms with Gasteiger partial charge in [0.25, 0.3) is 0 Å². The summed E-state index contributed by atoms with van der Waals surface area (Å²) >= 11 is 0. The molecule has 3 rings (SSSR count). The van der Waals surface area contributed by atoms with Crippen LogP contribution in [0.2, 0.25) is 0 Å². The average molecular weight is 318 g/mol. The molecule has 0 bridgehead atoms. The Balaban J connectivity index is 2.04. The van der Waals surface area contributed by atoms with Gasteiger partial charge in [-0.1, -0.05) is 48.5 Å². The lowest BCUT2D eigenvalue weighted by Gasteiger charge is -2.21. The van der Waals surface area contributed by atoms with Gasteiger partial charge in [-0.2, -0.15) is 9.52 Å². The summed E-state index contributed by atoms with van der Waals surface area (Å²) in [6.45, 7) is 0. The second kappa shape index (κ2) is 5.53. The van der Waals surface area contributed by atoms with Gasteiger partial charge in [-0.25, -0.2) is 12.8 Å². The summed E-state index contributed by atoms with van der Waals surface area (Å²) < 4.78 is 39.1. The van der Waals surface area contributed by atoms with Crippen LogP contribution < -0.4 is 0 Å². The van der Waals surface area contributed by atoms with Crippen LogP contribution in [-0.4, -0.2) is 24.8 Å². The Kier molecular flexibility index (Phi) is 3.70. The number of hydrogen-bond donors (Lipinski definition) is 0. The normalized spacial score (nSPS) is 18.4. The molecule has 0 fully saturated rings. The molecule has 4 nitrogen and oxygen atoms in total. The fraction of sp³-hybridized carbons (Fsp3) is 0.188.